The Kier molecular flexibility index (Phi) is 12.1. The molecule has 1 saturated heterocycles. The van der Waals surface area contributed by atoms with E-state index < -0.39 is 14.6 Å². The first-order valence-corrected chi connectivity index (χ1v) is 13.2. The van der Waals surface area contributed by atoms with Crippen LogP contribution in [-0.2, 0) is 23.6 Å². The lowest BCUT2D eigenvalue weighted by atomic mass is 10.1. The van der Waals surface area contributed by atoms with Gasteiger partial charge in [-0.05, 0) is 55.3 Å². The molecule has 0 bridgehead atoms. The highest BCUT2D eigenvalue weighted by Crippen LogP contribution is 2.38. The number of para-hydroxylation sites is 1. The van der Waals surface area contributed by atoms with Crippen LogP contribution in [0.25, 0.3) is 0 Å². The SMILES string of the molecule is CC(C)OC(=O)C(C)NP(OCC1CC(C)C(N(C)/C=C(/Br)C(=N)NC=O)O1)Oc1ccccc1. The number of amidine groups is 1. The fourth-order valence-corrected chi connectivity index (χ4v) is 4.98. The molecule has 1 heterocycles. The summed E-state index contributed by atoms with van der Waals surface area (Å²) in [5.41, 5.74) is 0. The lowest BCUT2D eigenvalue weighted by Crippen LogP contribution is -2.35. The van der Waals surface area contributed by atoms with Crippen molar-refractivity contribution in [1.82, 2.24) is 15.3 Å². The molecule has 5 atom stereocenters. The monoisotopic (exact) mass is 572 g/mol. The van der Waals surface area contributed by atoms with Crippen LogP contribution in [0.1, 0.15) is 34.1 Å². The molecule has 10 nitrogen and oxygen atoms in total. The van der Waals surface area contributed by atoms with Gasteiger partial charge in [-0.3, -0.25) is 15.0 Å². The molecule has 0 spiro atoms. The van der Waals surface area contributed by atoms with E-state index in [-0.39, 0.29) is 42.8 Å². The predicted octanol–water partition coefficient (Wildman–Crippen LogP) is 3.88. The van der Waals surface area contributed by atoms with Crippen molar-refractivity contribution < 1.29 is 28.1 Å². The van der Waals surface area contributed by atoms with Gasteiger partial charge < -0.3 is 28.7 Å². The fraction of sp³-hybridized carbons (Fsp3) is 0.522. The number of nitrogens with zero attached hydrogens (tertiary/aromatic N) is 1. The summed E-state index contributed by atoms with van der Waals surface area (Å²) in [6.07, 6.45) is 2.24. The van der Waals surface area contributed by atoms with E-state index in [0.29, 0.717) is 16.6 Å². The highest BCUT2D eigenvalue weighted by molar-refractivity contribution is 9.12. The zero-order valence-electron chi connectivity index (χ0n) is 20.6. The molecule has 3 N–H and O–H groups in total. The Morgan fingerprint density at radius 1 is 1.34 bits per heavy atom. The average Bonchev–Trinajstić information content (AvgIpc) is 3.18. The fourth-order valence-electron chi connectivity index (χ4n) is 3.33. The van der Waals surface area contributed by atoms with Crippen molar-refractivity contribution in [2.24, 2.45) is 5.92 Å². The van der Waals surface area contributed by atoms with Gasteiger partial charge in [0.2, 0.25) is 6.41 Å². The summed E-state index contributed by atoms with van der Waals surface area (Å²) >= 11 is 3.29. The molecule has 1 fully saturated rings. The minimum absolute atomic E-state index is 0.0442. The van der Waals surface area contributed by atoms with Gasteiger partial charge in [-0.15, -0.1) is 0 Å². The average molecular weight is 573 g/mol. The van der Waals surface area contributed by atoms with E-state index in [1.807, 2.05) is 42.3 Å². The molecule has 5 unspecified atom stereocenters. The van der Waals surface area contributed by atoms with Crippen LogP contribution >= 0.6 is 24.5 Å². The Morgan fingerprint density at radius 2 is 2.03 bits per heavy atom. The van der Waals surface area contributed by atoms with Crippen LogP contribution in [0.5, 0.6) is 5.75 Å². The van der Waals surface area contributed by atoms with E-state index >= 15 is 0 Å². The molecular formula is C23H34BrN4O6P. The largest absolute Gasteiger partial charge is 0.462 e. The summed E-state index contributed by atoms with van der Waals surface area (Å²) in [6, 6.07) is 8.62. The zero-order chi connectivity index (χ0) is 26.0. The minimum Gasteiger partial charge on any atom is -0.462 e. The van der Waals surface area contributed by atoms with Crippen LogP contribution in [0.2, 0.25) is 0 Å². The molecule has 0 radical (unpaired) electrons. The molecule has 1 aliphatic rings. The molecule has 1 aromatic carbocycles. The highest BCUT2D eigenvalue weighted by atomic mass is 79.9. The highest BCUT2D eigenvalue weighted by Gasteiger charge is 2.35. The van der Waals surface area contributed by atoms with Crippen molar-refractivity contribution in [3.8, 4) is 5.75 Å². The number of amides is 1. The second-order valence-corrected chi connectivity index (χ2v) is 10.5. The Morgan fingerprint density at radius 3 is 2.66 bits per heavy atom. The third-order valence-corrected chi connectivity index (χ3v) is 6.89. The zero-order valence-corrected chi connectivity index (χ0v) is 23.0. The third kappa shape index (κ3) is 9.85. The van der Waals surface area contributed by atoms with Gasteiger partial charge in [-0.25, -0.2) is 5.09 Å². The van der Waals surface area contributed by atoms with E-state index in [1.165, 1.54) is 0 Å². The van der Waals surface area contributed by atoms with Crippen molar-refractivity contribution in [3.63, 3.8) is 0 Å². The summed E-state index contributed by atoms with van der Waals surface area (Å²) in [4.78, 5) is 24.7. The van der Waals surface area contributed by atoms with E-state index in [2.05, 4.69) is 33.3 Å². The van der Waals surface area contributed by atoms with Gasteiger partial charge in [-0.2, -0.15) is 0 Å². The molecule has 1 aliphatic heterocycles. The standard InChI is InChI=1S/C23H34BrN4O6P/c1-15(2)32-23(30)17(4)27-35(34-18-9-7-6-8-10-18)31-13-19-11-16(3)22(33-19)28(5)12-20(24)21(25)26-14-29/h6-10,12,14-17,19,22,27H,11,13H2,1-5H3,(H2,25,26,29)/b20-12+. The normalized spacial score (nSPS) is 21.8. The van der Waals surface area contributed by atoms with Gasteiger partial charge in [-0.1, -0.05) is 25.1 Å². The van der Waals surface area contributed by atoms with Gasteiger partial charge in [0.15, 0.2) is 0 Å². The number of esters is 1. The number of halogens is 1. The van der Waals surface area contributed by atoms with Crippen LogP contribution in [-0.4, -0.2) is 61.2 Å². The molecule has 12 heteroatoms. The topological polar surface area (TPSA) is 122 Å². The molecule has 35 heavy (non-hydrogen) atoms. The third-order valence-electron chi connectivity index (χ3n) is 4.93. The first-order chi connectivity index (χ1) is 16.6. The second-order valence-electron chi connectivity index (χ2n) is 8.43. The quantitative estimate of drug-likeness (QED) is 0.107. The summed E-state index contributed by atoms with van der Waals surface area (Å²) in [5, 5.41) is 13.2. The number of benzene rings is 1. The van der Waals surface area contributed by atoms with Crippen LogP contribution in [0, 0.1) is 11.3 Å². The van der Waals surface area contributed by atoms with Crippen LogP contribution in [0.4, 0.5) is 0 Å². The number of hydrogen-bond donors (Lipinski definition) is 3. The maximum absolute atomic E-state index is 12.3. The van der Waals surface area contributed by atoms with E-state index in [0.717, 1.165) is 6.42 Å². The maximum atomic E-state index is 12.3. The predicted molar refractivity (Wildman–Crippen MR) is 138 cm³/mol. The smallest absolute Gasteiger partial charge is 0.323 e. The van der Waals surface area contributed by atoms with Crippen molar-refractivity contribution in [1.29, 1.82) is 5.41 Å². The minimum atomic E-state index is -1.65. The number of carbonyl (C=O) groups is 2. The molecule has 0 aromatic heterocycles. The summed E-state index contributed by atoms with van der Waals surface area (Å²) in [6.45, 7) is 7.64. The summed E-state index contributed by atoms with van der Waals surface area (Å²) < 4.78 is 23.9. The summed E-state index contributed by atoms with van der Waals surface area (Å²) in [7, 11) is 0.188. The molecule has 194 valence electrons. The Bertz CT molecular complexity index is 875. The van der Waals surface area contributed by atoms with Crippen molar-refractivity contribution in [3.05, 3.63) is 41.0 Å². The van der Waals surface area contributed by atoms with E-state index in [1.54, 1.807) is 27.0 Å². The second kappa shape index (κ2) is 14.5. The Balaban J connectivity index is 1.99. The van der Waals surface area contributed by atoms with E-state index in [9.17, 15) is 9.59 Å². The van der Waals surface area contributed by atoms with Gasteiger partial charge in [0, 0.05) is 19.2 Å². The number of rotatable bonds is 13. The van der Waals surface area contributed by atoms with Gasteiger partial charge in [0.1, 0.15) is 23.9 Å². The lowest BCUT2D eigenvalue weighted by molar-refractivity contribution is -0.149. The number of carbonyl (C=O) groups excluding carboxylic acids is 2. The van der Waals surface area contributed by atoms with Crippen LogP contribution in [0.15, 0.2) is 41.0 Å². The number of nitrogens with one attached hydrogen (secondary N) is 3. The van der Waals surface area contributed by atoms with Crippen LogP contribution < -0.4 is 14.9 Å². The molecule has 2 rings (SSSR count). The lowest BCUT2D eigenvalue weighted by Gasteiger charge is -2.27. The van der Waals surface area contributed by atoms with E-state index in [4.69, 9.17) is 23.9 Å². The number of ether oxygens (including phenoxy) is 2. The molecule has 1 aromatic rings. The number of hydrogen-bond acceptors (Lipinski definition) is 9. The maximum Gasteiger partial charge on any atom is 0.323 e. The molecule has 1 amide bonds. The molecular weight excluding hydrogens is 539 g/mol. The Labute approximate surface area is 216 Å². The van der Waals surface area contributed by atoms with Crippen LogP contribution in [0.3, 0.4) is 0 Å². The first-order valence-electron chi connectivity index (χ1n) is 11.3. The van der Waals surface area contributed by atoms with Crippen molar-refractivity contribution in [2.45, 2.75) is 58.6 Å². The van der Waals surface area contributed by atoms with Gasteiger partial charge in [0.05, 0.1) is 23.3 Å². The molecule has 0 aliphatic carbocycles. The van der Waals surface area contributed by atoms with Gasteiger partial charge >= 0.3 is 14.5 Å². The van der Waals surface area contributed by atoms with Crippen molar-refractivity contribution >= 4 is 42.7 Å². The summed E-state index contributed by atoms with van der Waals surface area (Å²) in [5.74, 6) is 0.382. The van der Waals surface area contributed by atoms with Gasteiger partial charge in [0.25, 0.3) is 0 Å². The first kappa shape index (κ1) is 29.2. The van der Waals surface area contributed by atoms with Crippen molar-refractivity contribution in [2.75, 3.05) is 13.7 Å². The molecule has 0 saturated carbocycles. The Hall–Kier alpha value is -2.04.